The Hall–Kier alpha value is -1.67. The van der Waals surface area contributed by atoms with E-state index in [-0.39, 0.29) is 25.4 Å². The summed E-state index contributed by atoms with van der Waals surface area (Å²) in [6.45, 7) is 0.631. The summed E-state index contributed by atoms with van der Waals surface area (Å²) in [5.74, 6) is -12.3. The van der Waals surface area contributed by atoms with Crippen LogP contribution in [0.4, 0.5) is 30.7 Å². The Morgan fingerprint density at radius 3 is 1.89 bits per heavy atom. The first-order chi connectivity index (χ1) is 13.2. The minimum absolute atomic E-state index is 0.0263. The van der Waals surface area contributed by atoms with Gasteiger partial charge in [0.05, 0.1) is 19.2 Å². The third kappa shape index (κ3) is 5.03. The van der Waals surface area contributed by atoms with E-state index in [0.717, 1.165) is 6.42 Å². The highest BCUT2D eigenvalue weighted by molar-refractivity contribution is 5.38. The molecular weight excluding hydrogens is 393 g/mol. The van der Waals surface area contributed by atoms with Crippen LogP contribution in [0.15, 0.2) is 0 Å². The summed E-state index contributed by atoms with van der Waals surface area (Å²) >= 11 is 0. The Labute approximate surface area is 159 Å². The van der Waals surface area contributed by atoms with E-state index >= 15 is 0 Å². The van der Waals surface area contributed by atoms with E-state index in [1.165, 1.54) is 6.92 Å². The molecule has 1 fully saturated rings. The molecule has 0 bridgehead atoms. The van der Waals surface area contributed by atoms with Crippen molar-refractivity contribution < 1.29 is 40.2 Å². The molecule has 0 spiro atoms. The van der Waals surface area contributed by atoms with Gasteiger partial charge in [0.25, 0.3) is 0 Å². The van der Waals surface area contributed by atoms with Crippen molar-refractivity contribution in [2.45, 2.75) is 58.0 Å². The van der Waals surface area contributed by atoms with Crippen molar-refractivity contribution in [3.8, 4) is 11.5 Å². The molecule has 1 aromatic rings. The third-order valence-electron chi connectivity index (χ3n) is 5.03. The summed E-state index contributed by atoms with van der Waals surface area (Å²) < 4.78 is 105. The first-order valence-electron chi connectivity index (χ1n) is 9.34. The van der Waals surface area contributed by atoms with Crippen molar-refractivity contribution >= 4 is 0 Å². The van der Waals surface area contributed by atoms with E-state index in [2.05, 4.69) is 9.47 Å². The van der Waals surface area contributed by atoms with Crippen LogP contribution in [0.3, 0.4) is 0 Å². The molecule has 0 heterocycles. The lowest BCUT2D eigenvalue weighted by molar-refractivity contribution is -0.226. The van der Waals surface area contributed by atoms with E-state index in [1.807, 2.05) is 0 Å². The smallest absolute Gasteiger partial charge is 0.400 e. The molecular formula is C19H23F7O2. The Morgan fingerprint density at radius 2 is 1.39 bits per heavy atom. The zero-order valence-electron chi connectivity index (χ0n) is 15.5. The van der Waals surface area contributed by atoms with Crippen LogP contribution in [0.1, 0.15) is 51.9 Å². The first kappa shape index (κ1) is 22.6. The monoisotopic (exact) mass is 416 g/mol. The van der Waals surface area contributed by atoms with Crippen LogP contribution >= 0.6 is 0 Å². The fraction of sp³-hybridized carbons (Fsp3) is 0.684. The van der Waals surface area contributed by atoms with Crippen molar-refractivity contribution in [1.29, 1.82) is 0 Å². The normalized spacial score (nSPS) is 20.3. The van der Waals surface area contributed by atoms with Gasteiger partial charge in [0, 0.05) is 0 Å². The van der Waals surface area contributed by atoms with Crippen molar-refractivity contribution in [2.75, 3.05) is 13.3 Å². The molecule has 1 saturated carbocycles. The van der Waals surface area contributed by atoms with Gasteiger partial charge in [-0.15, -0.1) is 0 Å². The van der Waals surface area contributed by atoms with E-state index in [9.17, 15) is 30.7 Å². The summed E-state index contributed by atoms with van der Waals surface area (Å²) in [6, 6.07) is 0. The predicted molar refractivity (Wildman–Crippen MR) is 88.3 cm³/mol. The molecule has 0 atom stereocenters. The van der Waals surface area contributed by atoms with Crippen molar-refractivity contribution in [1.82, 2.24) is 0 Å². The van der Waals surface area contributed by atoms with E-state index in [1.54, 1.807) is 0 Å². The summed E-state index contributed by atoms with van der Waals surface area (Å²) in [6.07, 6.45) is -1.26. The Balaban J connectivity index is 2.10. The highest BCUT2D eigenvalue weighted by Gasteiger charge is 2.46. The average Bonchev–Trinajstić information content (AvgIpc) is 2.68. The Kier molecular flexibility index (Phi) is 7.83. The van der Waals surface area contributed by atoms with Gasteiger partial charge in [-0.05, 0) is 44.9 Å². The topological polar surface area (TPSA) is 18.5 Å². The van der Waals surface area contributed by atoms with Crippen LogP contribution in [-0.4, -0.2) is 19.4 Å². The lowest BCUT2D eigenvalue weighted by Crippen LogP contribution is -2.38. The van der Waals surface area contributed by atoms with Gasteiger partial charge in [-0.1, -0.05) is 12.8 Å². The van der Waals surface area contributed by atoms with E-state index < -0.39 is 53.5 Å². The predicted octanol–water partition coefficient (Wildman–Crippen LogP) is 6.56. The number of hydrogen-bond donors (Lipinski definition) is 0. The summed E-state index contributed by atoms with van der Waals surface area (Å²) in [5, 5.41) is 0. The van der Waals surface area contributed by atoms with Gasteiger partial charge in [-0.2, -0.15) is 26.3 Å². The number of benzene rings is 1. The lowest BCUT2D eigenvalue weighted by atomic mass is 9.79. The number of ether oxygens (including phenoxy) is 2. The highest BCUT2D eigenvalue weighted by atomic mass is 19.3. The van der Waals surface area contributed by atoms with Crippen molar-refractivity contribution in [3.63, 3.8) is 0 Å². The molecule has 0 N–H and O–H groups in total. The molecule has 9 heteroatoms. The van der Waals surface area contributed by atoms with Gasteiger partial charge in [-0.3, -0.25) is 4.39 Å². The number of rotatable bonds is 9. The third-order valence-corrected chi connectivity index (χ3v) is 5.03. The standard InChI is InChI=1S/C19H23F7O2/c1-2-27-17-13(21)15(23)18(16(24)14(17)22)28-19(25,26)12-8-6-11(7-9-12)5-3-4-10-20/h11-12H,2-10H2,1H3. The Morgan fingerprint density at radius 1 is 0.857 bits per heavy atom. The number of hydrogen-bond acceptors (Lipinski definition) is 2. The average molecular weight is 416 g/mol. The van der Waals surface area contributed by atoms with Gasteiger partial charge < -0.3 is 9.47 Å². The van der Waals surface area contributed by atoms with Crippen LogP contribution in [0.5, 0.6) is 11.5 Å². The minimum atomic E-state index is -4.00. The summed E-state index contributed by atoms with van der Waals surface area (Å²) in [5.41, 5.74) is 0. The largest absolute Gasteiger partial charge is 0.488 e. The van der Waals surface area contributed by atoms with Crippen molar-refractivity contribution in [3.05, 3.63) is 23.3 Å². The molecule has 28 heavy (non-hydrogen) atoms. The zero-order chi connectivity index (χ0) is 20.9. The number of halogens is 7. The molecule has 1 aromatic carbocycles. The molecule has 0 unspecified atom stereocenters. The fourth-order valence-electron chi connectivity index (χ4n) is 3.49. The SMILES string of the molecule is CCOc1c(F)c(F)c(OC(F)(F)C2CCC(CCCCF)CC2)c(F)c1F. The molecule has 0 radical (unpaired) electrons. The molecule has 1 aliphatic carbocycles. The number of alkyl halides is 3. The molecule has 0 amide bonds. The molecule has 0 aliphatic heterocycles. The van der Waals surface area contributed by atoms with Crippen LogP contribution in [-0.2, 0) is 0 Å². The van der Waals surface area contributed by atoms with Crippen molar-refractivity contribution in [2.24, 2.45) is 11.8 Å². The quantitative estimate of drug-likeness (QED) is 0.258. The second-order valence-corrected chi connectivity index (χ2v) is 6.91. The fourth-order valence-corrected chi connectivity index (χ4v) is 3.49. The van der Waals surface area contributed by atoms with E-state index in [4.69, 9.17) is 0 Å². The van der Waals surface area contributed by atoms with Crippen LogP contribution in [0, 0.1) is 35.1 Å². The first-order valence-corrected chi connectivity index (χ1v) is 9.34. The van der Waals surface area contributed by atoms with Gasteiger partial charge in [0.2, 0.25) is 29.0 Å². The number of unbranched alkanes of at least 4 members (excludes halogenated alkanes) is 1. The molecule has 2 rings (SSSR count). The maximum atomic E-state index is 14.4. The summed E-state index contributed by atoms with van der Waals surface area (Å²) in [7, 11) is 0. The second-order valence-electron chi connectivity index (χ2n) is 6.91. The lowest BCUT2D eigenvalue weighted by Gasteiger charge is -2.33. The van der Waals surface area contributed by atoms with Crippen LogP contribution < -0.4 is 9.47 Å². The highest BCUT2D eigenvalue weighted by Crippen LogP contribution is 2.43. The maximum absolute atomic E-state index is 14.4. The van der Waals surface area contributed by atoms with Gasteiger partial charge in [-0.25, -0.2) is 0 Å². The maximum Gasteiger partial charge on any atom is 0.400 e. The van der Waals surface area contributed by atoms with Crippen LogP contribution in [0.25, 0.3) is 0 Å². The Bertz CT molecular complexity index is 629. The van der Waals surface area contributed by atoms with Gasteiger partial charge in [0.15, 0.2) is 5.75 Å². The molecule has 0 saturated heterocycles. The minimum Gasteiger partial charge on any atom is -0.488 e. The second kappa shape index (κ2) is 9.69. The molecule has 0 aromatic heterocycles. The zero-order valence-corrected chi connectivity index (χ0v) is 15.5. The van der Waals surface area contributed by atoms with Gasteiger partial charge in [0.1, 0.15) is 0 Å². The molecule has 2 nitrogen and oxygen atoms in total. The van der Waals surface area contributed by atoms with Gasteiger partial charge >= 0.3 is 6.11 Å². The molecule has 1 aliphatic rings. The molecule has 160 valence electrons. The van der Waals surface area contributed by atoms with E-state index in [0.29, 0.717) is 25.7 Å². The summed E-state index contributed by atoms with van der Waals surface area (Å²) in [4.78, 5) is 0. The van der Waals surface area contributed by atoms with Crippen LogP contribution in [0.2, 0.25) is 0 Å².